The van der Waals surface area contributed by atoms with E-state index in [0.29, 0.717) is 24.8 Å². The van der Waals surface area contributed by atoms with E-state index in [-0.39, 0.29) is 11.8 Å². The first kappa shape index (κ1) is 14.7. The molecule has 0 heterocycles. The minimum absolute atomic E-state index is 0.0608. The van der Waals surface area contributed by atoms with Crippen molar-refractivity contribution in [2.75, 3.05) is 19.7 Å². The SMILES string of the molecule is O=[N+]([O-])c1ccc(OCCNCC2CCCC2O)cc1. The molecule has 6 heteroatoms. The molecule has 1 fully saturated rings. The largest absolute Gasteiger partial charge is 0.492 e. The number of hydrogen-bond acceptors (Lipinski definition) is 5. The Hall–Kier alpha value is -1.66. The molecule has 2 rings (SSSR count). The summed E-state index contributed by atoms with van der Waals surface area (Å²) >= 11 is 0. The van der Waals surface area contributed by atoms with Gasteiger partial charge in [-0.15, -0.1) is 0 Å². The number of aliphatic hydroxyl groups is 1. The van der Waals surface area contributed by atoms with E-state index in [1.54, 1.807) is 12.1 Å². The summed E-state index contributed by atoms with van der Waals surface area (Å²) in [6.07, 6.45) is 2.92. The average molecular weight is 280 g/mol. The fraction of sp³-hybridized carbons (Fsp3) is 0.571. The van der Waals surface area contributed by atoms with Crippen molar-refractivity contribution in [2.24, 2.45) is 5.92 Å². The normalized spacial score (nSPS) is 21.9. The van der Waals surface area contributed by atoms with Gasteiger partial charge >= 0.3 is 0 Å². The standard InChI is InChI=1S/C14H20N2O4/c17-14-3-1-2-11(14)10-15-8-9-20-13-6-4-12(5-7-13)16(18)19/h4-7,11,14-15,17H,1-3,8-10H2. The third-order valence-corrected chi connectivity index (χ3v) is 3.62. The van der Waals surface area contributed by atoms with Gasteiger partial charge in [0.15, 0.2) is 0 Å². The molecule has 1 saturated carbocycles. The van der Waals surface area contributed by atoms with Gasteiger partial charge in [-0.05, 0) is 30.9 Å². The lowest BCUT2D eigenvalue weighted by molar-refractivity contribution is -0.384. The summed E-state index contributed by atoms with van der Waals surface area (Å²) in [6, 6.07) is 6.05. The summed E-state index contributed by atoms with van der Waals surface area (Å²) in [5.41, 5.74) is 0.0608. The molecule has 1 aliphatic rings. The lowest BCUT2D eigenvalue weighted by Crippen LogP contribution is -2.30. The van der Waals surface area contributed by atoms with E-state index >= 15 is 0 Å². The van der Waals surface area contributed by atoms with E-state index in [0.717, 1.165) is 25.8 Å². The molecule has 0 saturated heterocycles. The molecule has 0 bridgehead atoms. The van der Waals surface area contributed by atoms with Crippen molar-refractivity contribution < 1.29 is 14.8 Å². The summed E-state index contributed by atoms with van der Waals surface area (Å²) in [5.74, 6) is 0.979. The predicted octanol–water partition coefficient (Wildman–Crippen LogP) is 1.72. The van der Waals surface area contributed by atoms with Gasteiger partial charge in [0.05, 0.1) is 11.0 Å². The molecule has 2 N–H and O–H groups in total. The molecule has 6 nitrogen and oxygen atoms in total. The molecule has 20 heavy (non-hydrogen) atoms. The maximum absolute atomic E-state index is 10.5. The van der Waals surface area contributed by atoms with Gasteiger partial charge in [-0.3, -0.25) is 10.1 Å². The Morgan fingerprint density at radius 1 is 1.35 bits per heavy atom. The van der Waals surface area contributed by atoms with Crippen LogP contribution in [0.2, 0.25) is 0 Å². The van der Waals surface area contributed by atoms with Crippen molar-refractivity contribution in [3.05, 3.63) is 34.4 Å². The number of nitrogens with one attached hydrogen (secondary N) is 1. The number of hydrogen-bond donors (Lipinski definition) is 2. The zero-order chi connectivity index (χ0) is 14.4. The van der Waals surface area contributed by atoms with E-state index < -0.39 is 4.92 Å². The zero-order valence-electron chi connectivity index (χ0n) is 11.3. The van der Waals surface area contributed by atoms with E-state index in [9.17, 15) is 15.2 Å². The number of aliphatic hydroxyl groups excluding tert-OH is 1. The second kappa shape index (κ2) is 7.21. The Morgan fingerprint density at radius 3 is 2.70 bits per heavy atom. The molecule has 2 atom stereocenters. The Balaban J connectivity index is 1.62. The lowest BCUT2D eigenvalue weighted by atomic mass is 10.1. The Kier molecular flexibility index (Phi) is 5.31. The van der Waals surface area contributed by atoms with Crippen molar-refractivity contribution in [3.8, 4) is 5.75 Å². The summed E-state index contributed by atoms with van der Waals surface area (Å²) in [5, 5.41) is 23.4. The summed E-state index contributed by atoms with van der Waals surface area (Å²) < 4.78 is 5.48. The molecule has 1 aromatic rings. The highest BCUT2D eigenvalue weighted by Crippen LogP contribution is 2.24. The van der Waals surface area contributed by atoms with Crippen LogP contribution in [0.1, 0.15) is 19.3 Å². The first-order valence-corrected chi connectivity index (χ1v) is 6.93. The number of nitro groups is 1. The van der Waals surface area contributed by atoms with Crippen molar-refractivity contribution in [2.45, 2.75) is 25.4 Å². The maximum Gasteiger partial charge on any atom is 0.269 e. The van der Waals surface area contributed by atoms with Crippen molar-refractivity contribution in [1.82, 2.24) is 5.32 Å². The third-order valence-electron chi connectivity index (χ3n) is 3.62. The predicted molar refractivity (Wildman–Crippen MR) is 74.8 cm³/mol. The van der Waals surface area contributed by atoms with Gasteiger partial charge in [0.1, 0.15) is 12.4 Å². The number of nitrogens with zero attached hydrogens (tertiary/aromatic N) is 1. The van der Waals surface area contributed by atoms with Crippen molar-refractivity contribution >= 4 is 5.69 Å². The minimum Gasteiger partial charge on any atom is -0.492 e. The summed E-state index contributed by atoms with van der Waals surface area (Å²) in [6.45, 7) is 2.01. The van der Waals surface area contributed by atoms with Crippen LogP contribution in [-0.2, 0) is 0 Å². The van der Waals surface area contributed by atoms with Crippen LogP contribution in [0.5, 0.6) is 5.75 Å². The Morgan fingerprint density at radius 2 is 2.10 bits per heavy atom. The van der Waals surface area contributed by atoms with Gasteiger partial charge in [-0.2, -0.15) is 0 Å². The number of nitro benzene ring substituents is 1. The molecule has 0 radical (unpaired) electrons. The van der Waals surface area contributed by atoms with Crippen molar-refractivity contribution in [3.63, 3.8) is 0 Å². The molecule has 0 aromatic heterocycles. The topological polar surface area (TPSA) is 84.6 Å². The molecule has 2 unspecified atom stereocenters. The quantitative estimate of drug-likeness (QED) is 0.451. The molecular weight excluding hydrogens is 260 g/mol. The average Bonchev–Trinajstić information content (AvgIpc) is 2.84. The van der Waals surface area contributed by atoms with Crippen LogP contribution < -0.4 is 10.1 Å². The highest BCUT2D eigenvalue weighted by Gasteiger charge is 2.24. The summed E-state index contributed by atoms with van der Waals surface area (Å²) in [7, 11) is 0. The van der Waals surface area contributed by atoms with Gasteiger partial charge in [0, 0.05) is 25.2 Å². The van der Waals surface area contributed by atoms with Gasteiger partial charge in [0.2, 0.25) is 0 Å². The van der Waals surface area contributed by atoms with Gasteiger partial charge in [-0.1, -0.05) is 6.42 Å². The first-order valence-electron chi connectivity index (χ1n) is 6.93. The second-order valence-electron chi connectivity index (χ2n) is 5.06. The Labute approximate surface area is 117 Å². The van der Waals surface area contributed by atoms with Gasteiger partial charge < -0.3 is 15.2 Å². The first-order chi connectivity index (χ1) is 9.66. The smallest absolute Gasteiger partial charge is 0.269 e. The number of rotatable bonds is 7. The van der Waals surface area contributed by atoms with E-state index in [1.807, 2.05) is 0 Å². The third kappa shape index (κ3) is 4.18. The number of non-ortho nitro benzene ring substituents is 1. The van der Waals surface area contributed by atoms with Gasteiger partial charge in [0.25, 0.3) is 5.69 Å². The minimum atomic E-state index is -0.432. The maximum atomic E-state index is 10.5. The molecule has 0 spiro atoms. The van der Waals surface area contributed by atoms with Crippen LogP contribution in [0.4, 0.5) is 5.69 Å². The number of ether oxygens (including phenoxy) is 1. The number of benzene rings is 1. The van der Waals surface area contributed by atoms with Crippen LogP contribution >= 0.6 is 0 Å². The van der Waals surface area contributed by atoms with Crippen LogP contribution in [-0.4, -0.2) is 35.8 Å². The van der Waals surface area contributed by atoms with Crippen LogP contribution in [0, 0.1) is 16.0 Å². The van der Waals surface area contributed by atoms with Crippen LogP contribution in [0.25, 0.3) is 0 Å². The molecule has 1 aliphatic carbocycles. The monoisotopic (exact) mass is 280 g/mol. The van der Waals surface area contributed by atoms with E-state index in [4.69, 9.17) is 4.74 Å². The molecule has 0 aliphatic heterocycles. The highest BCUT2D eigenvalue weighted by atomic mass is 16.6. The Bertz CT molecular complexity index is 435. The molecule has 110 valence electrons. The molecule has 0 amide bonds. The van der Waals surface area contributed by atoms with Crippen molar-refractivity contribution in [1.29, 1.82) is 0 Å². The fourth-order valence-electron chi connectivity index (χ4n) is 2.45. The van der Waals surface area contributed by atoms with E-state index in [1.165, 1.54) is 12.1 Å². The highest BCUT2D eigenvalue weighted by molar-refractivity contribution is 5.35. The van der Waals surface area contributed by atoms with Crippen LogP contribution in [0.15, 0.2) is 24.3 Å². The summed E-state index contributed by atoms with van der Waals surface area (Å²) in [4.78, 5) is 10.1. The lowest BCUT2D eigenvalue weighted by Gasteiger charge is -2.15. The van der Waals surface area contributed by atoms with E-state index in [2.05, 4.69) is 5.32 Å². The van der Waals surface area contributed by atoms with Gasteiger partial charge in [-0.25, -0.2) is 0 Å². The zero-order valence-corrected chi connectivity index (χ0v) is 11.3. The molecule has 1 aromatic carbocycles. The van der Waals surface area contributed by atoms with Crippen LogP contribution in [0.3, 0.4) is 0 Å². The molecular formula is C14H20N2O4. The second-order valence-corrected chi connectivity index (χ2v) is 5.06. The fourth-order valence-corrected chi connectivity index (χ4v) is 2.45.